The second-order valence-electron chi connectivity index (χ2n) is 10.8. The lowest BCUT2D eigenvalue weighted by atomic mass is 10.00. The second-order valence-corrected chi connectivity index (χ2v) is 10.8. The highest BCUT2D eigenvalue weighted by molar-refractivity contribution is 6.12. The van der Waals surface area contributed by atoms with Crippen molar-refractivity contribution in [3.63, 3.8) is 0 Å². The van der Waals surface area contributed by atoms with Gasteiger partial charge >= 0.3 is 5.97 Å². The Hall–Kier alpha value is -4.91. The van der Waals surface area contributed by atoms with Gasteiger partial charge in [-0.1, -0.05) is 80.6 Å². The first kappa shape index (κ1) is 31.0. The summed E-state index contributed by atoms with van der Waals surface area (Å²) in [5, 5.41) is 13.0. The van der Waals surface area contributed by atoms with Crippen LogP contribution in [0.15, 0.2) is 103 Å². The zero-order valence-corrected chi connectivity index (χ0v) is 24.8. The number of carboxylic acids is 1. The van der Waals surface area contributed by atoms with Crippen LogP contribution >= 0.6 is 0 Å². The molecule has 0 fully saturated rings. The van der Waals surface area contributed by atoms with Gasteiger partial charge in [0.2, 0.25) is 5.91 Å². The number of hydrogen-bond donors (Lipinski definition) is 2. The van der Waals surface area contributed by atoms with Gasteiger partial charge in [-0.15, -0.1) is 0 Å². The van der Waals surface area contributed by atoms with Crippen molar-refractivity contribution in [2.24, 2.45) is 5.92 Å². The van der Waals surface area contributed by atoms with E-state index in [0.717, 1.165) is 16.8 Å². The molecule has 4 aromatic rings. The van der Waals surface area contributed by atoms with Crippen LogP contribution in [0, 0.1) is 12.8 Å². The largest absolute Gasteiger partial charge is 0.494 e. The number of nitrogens with one attached hydrogen (secondary N) is 1. The third kappa shape index (κ3) is 8.55. The van der Waals surface area contributed by atoms with Crippen molar-refractivity contribution in [1.82, 2.24) is 0 Å². The van der Waals surface area contributed by atoms with E-state index in [9.17, 15) is 19.5 Å². The number of para-hydroxylation sites is 1. The van der Waals surface area contributed by atoms with Crippen LogP contribution in [0.3, 0.4) is 0 Å². The number of amides is 1. The molecule has 0 heterocycles. The van der Waals surface area contributed by atoms with Crippen molar-refractivity contribution in [2.45, 2.75) is 39.7 Å². The summed E-state index contributed by atoms with van der Waals surface area (Å²) in [6.07, 6.45) is 0.868. The van der Waals surface area contributed by atoms with Crippen LogP contribution < -0.4 is 15.0 Å². The van der Waals surface area contributed by atoms with Crippen molar-refractivity contribution in [3.05, 3.63) is 125 Å². The van der Waals surface area contributed by atoms with E-state index >= 15 is 0 Å². The number of anilines is 2. The number of ether oxygens (including phenoxy) is 1. The molecule has 1 amide bonds. The molecule has 222 valence electrons. The fourth-order valence-corrected chi connectivity index (χ4v) is 4.78. The lowest BCUT2D eigenvalue weighted by Gasteiger charge is -2.25. The SMILES string of the molecule is Cc1cccc(N(CCCOc2ccc(C[C@H](Nc3ccccc3C(=O)c3ccccc3)C(=O)O)cc2)C(=O)C(C)C)c1. The van der Waals surface area contributed by atoms with Gasteiger partial charge in [-0.05, 0) is 60.9 Å². The molecule has 4 rings (SSSR count). The Kier molecular flexibility index (Phi) is 10.7. The van der Waals surface area contributed by atoms with Crippen LogP contribution in [0.25, 0.3) is 0 Å². The molecule has 0 saturated carbocycles. The van der Waals surface area contributed by atoms with E-state index in [4.69, 9.17) is 4.74 Å². The lowest BCUT2D eigenvalue weighted by molar-refractivity contribution is -0.137. The fourth-order valence-electron chi connectivity index (χ4n) is 4.78. The highest BCUT2D eigenvalue weighted by atomic mass is 16.5. The van der Waals surface area contributed by atoms with Gasteiger partial charge in [-0.3, -0.25) is 9.59 Å². The molecular weight excluding hydrogens is 540 g/mol. The van der Waals surface area contributed by atoms with Crippen LogP contribution in [0.2, 0.25) is 0 Å². The van der Waals surface area contributed by atoms with Gasteiger partial charge in [0.15, 0.2) is 5.78 Å². The minimum Gasteiger partial charge on any atom is -0.494 e. The van der Waals surface area contributed by atoms with Crippen LogP contribution in [-0.4, -0.2) is 42.0 Å². The monoisotopic (exact) mass is 578 g/mol. The molecule has 0 aliphatic heterocycles. The second kappa shape index (κ2) is 14.8. The molecule has 0 radical (unpaired) electrons. The van der Waals surface area contributed by atoms with E-state index in [-0.39, 0.29) is 24.0 Å². The predicted octanol–water partition coefficient (Wildman–Crippen LogP) is 6.79. The van der Waals surface area contributed by atoms with Crippen molar-refractivity contribution in [2.75, 3.05) is 23.4 Å². The maximum atomic E-state index is 13.1. The van der Waals surface area contributed by atoms with Crippen LogP contribution in [0.4, 0.5) is 11.4 Å². The molecule has 0 aromatic heterocycles. The topological polar surface area (TPSA) is 95.9 Å². The molecule has 2 N–H and O–H groups in total. The average Bonchev–Trinajstić information content (AvgIpc) is 3.01. The van der Waals surface area contributed by atoms with Gasteiger partial charge < -0.3 is 20.1 Å². The number of benzene rings is 4. The molecular formula is C36H38N2O5. The fraction of sp³-hybridized carbons (Fsp3) is 0.250. The van der Waals surface area contributed by atoms with E-state index in [1.54, 1.807) is 48.5 Å². The predicted molar refractivity (Wildman–Crippen MR) is 170 cm³/mol. The number of aliphatic carboxylic acids is 1. The summed E-state index contributed by atoms with van der Waals surface area (Å²) in [6, 6.07) is 30.2. The molecule has 1 atom stereocenters. The maximum Gasteiger partial charge on any atom is 0.326 e. The Morgan fingerprint density at radius 3 is 2.23 bits per heavy atom. The van der Waals surface area contributed by atoms with E-state index in [0.29, 0.717) is 42.1 Å². The first-order valence-electron chi connectivity index (χ1n) is 14.5. The Balaban J connectivity index is 1.35. The van der Waals surface area contributed by atoms with E-state index in [1.165, 1.54) is 0 Å². The number of carboxylic acid groups (broad SMARTS) is 1. The van der Waals surface area contributed by atoms with Crippen molar-refractivity contribution in [3.8, 4) is 5.75 Å². The molecule has 43 heavy (non-hydrogen) atoms. The van der Waals surface area contributed by atoms with Crippen LogP contribution in [0.1, 0.15) is 47.3 Å². The molecule has 7 heteroatoms. The highest BCUT2D eigenvalue weighted by Gasteiger charge is 2.22. The first-order valence-corrected chi connectivity index (χ1v) is 14.5. The van der Waals surface area contributed by atoms with Gasteiger partial charge in [0.1, 0.15) is 11.8 Å². The maximum absolute atomic E-state index is 13.1. The number of rotatable bonds is 14. The minimum atomic E-state index is -1.02. The van der Waals surface area contributed by atoms with Crippen LogP contribution in [-0.2, 0) is 16.0 Å². The van der Waals surface area contributed by atoms with Gasteiger partial charge in [-0.2, -0.15) is 0 Å². The van der Waals surface area contributed by atoms with Crippen molar-refractivity contribution in [1.29, 1.82) is 0 Å². The standard InChI is InChI=1S/C36H38N2O5/c1-25(2)35(40)38(29-14-9-11-26(3)23-29)21-10-22-43-30-19-17-27(18-20-30)24-33(36(41)42)37-32-16-8-7-15-31(32)34(39)28-12-5-4-6-13-28/h4-9,11-20,23,25,33,37H,10,21-22,24H2,1-3H3,(H,41,42)/t33-/m0/s1. The number of carbonyl (C=O) groups is 3. The third-order valence-electron chi connectivity index (χ3n) is 7.07. The average molecular weight is 579 g/mol. The zero-order chi connectivity index (χ0) is 30.8. The van der Waals surface area contributed by atoms with Gasteiger partial charge in [0, 0.05) is 41.4 Å². The molecule has 4 aromatic carbocycles. The van der Waals surface area contributed by atoms with E-state index in [1.807, 2.05) is 80.3 Å². The molecule has 0 aliphatic carbocycles. The van der Waals surface area contributed by atoms with Crippen molar-refractivity contribution < 1.29 is 24.2 Å². The Morgan fingerprint density at radius 2 is 1.56 bits per heavy atom. The zero-order valence-electron chi connectivity index (χ0n) is 24.8. The number of hydrogen-bond acceptors (Lipinski definition) is 5. The summed E-state index contributed by atoms with van der Waals surface area (Å²) < 4.78 is 5.94. The quantitative estimate of drug-likeness (QED) is 0.126. The molecule has 0 saturated heterocycles. The Labute approximate surface area is 253 Å². The highest BCUT2D eigenvalue weighted by Crippen LogP contribution is 2.23. The van der Waals surface area contributed by atoms with Gasteiger partial charge in [-0.25, -0.2) is 4.79 Å². The summed E-state index contributed by atoms with van der Waals surface area (Å²) in [5.41, 5.74) is 4.22. The van der Waals surface area contributed by atoms with Crippen LogP contribution in [0.5, 0.6) is 5.75 Å². The summed E-state index contributed by atoms with van der Waals surface area (Å²) in [5.74, 6) is -0.569. The molecule has 0 bridgehead atoms. The van der Waals surface area contributed by atoms with E-state index in [2.05, 4.69) is 5.32 Å². The van der Waals surface area contributed by atoms with Gasteiger partial charge in [0.05, 0.1) is 6.61 Å². The Morgan fingerprint density at radius 1 is 0.860 bits per heavy atom. The normalized spacial score (nSPS) is 11.5. The first-order chi connectivity index (χ1) is 20.7. The third-order valence-corrected chi connectivity index (χ3v) is 7.07. The molecule has 7 nitrogen and oxygen atoms in total. The molecule has 0 unspecified atom stereocenters. The number of nitrogens with zero attached hydrogens (tertiary/aromatic N) is 1. The lowest BCUT2D eigenvalue weighted by Crippen LogP contribution is -2.35. The van der Waals surface area contributed by atoms with Crippen molar-refractivity contribution >= 4 is 29.0 Å². The summed E-state index contributed by atoms with van der Waals surface area (Å²) >= 11 is 0. The molecule has 0 aliphatic rings. The smallest absolute Gasteiger partial charge is 0.326 e. The number of carbonyl (C=O) groups excluding carboxylic acids is 2. The van der Waals surface area contributed by atoms with E-state index < -0.39 is 12.0 Å². The number of ketones is 1. The Bertz CT molecular complexity index is 1530. The summed E-state index contributed by atoms with van der Waals surface area (Å²) in [4.78, 5) is 39.9. The summed E-state index contributed by atoms with van der Waals surface area (Å²) in [6.45, 7) is 6.78. The summed E-state index contributed by atoms with van der Waals surface area (Å²) in [7, 11) is 0. The minimum absolute atomic E-state index is 0.0728. The van der Waals surface area contributed by atoms with Gasteiger partial charge in [0.25, 0.3) is 0 Å². The number of aryl methyl sites for hydroxylation is 1. The molecule has 0 spiro atoms.